The molecule has 0 heterocycles. The second-order valence-electron chi connectivity index (χ2n) is 2.79. The van der Waals surface area contributed by atoms with Crippen molar-refractivity contribution in [3.63, 3.8) is 0 Å². The van der Waals surface area contributed by atoms with Crippen LogP contribution >= 0.6 is 0 Å². The lowest BCUT2D eigenvalue weighted by molar-refractivity contribution is -0.137. The van der Waals surface area contributed by atoms with Gasteiger partial charge in [-0.1, -0.05) is 18.2 Å². The van der Waals surface area contributed by atoms with Gasteiger partial charge >= 0.3 is 6.18 Å². The average molecular weight is 202 g/mol. The summed E-state index contributed by atoms with van der Waals surface area (Å²) >= 11 is 0. The first-order chi connectivity index (χ1) is 6.54. The van der Waals surface area contributed by atoms with E-state index in [1.807, 2.05) is 0 Å². The van der Waals surface area contributed by atoms with E-state index in [-0.39, 0.29) is 0 Å². The van der Waals surface area contributed by atoms with Crippen molar-refractivity contribution in [2.24, 2.45) is 0 Å². The maximum Gasteiger partial charge on any atom is 0.416 e. The third kappa shape index (κ3) is 2.80. The normalized spacial score (nSPS) is 12.2. The minimum atomic E-state index is -4.31. The average Bonchev–Trinajstić information content (AvgIpc) is 2.14. The highest BCUT2D eigenvalue weighted by atomic mass is 19.4. The Kier molecular flexibility index (Phi) is 3.17. The van der Waals surface area contributed by atoms with Gasteiger partial charge in [0.15, 0.2) is 0 Å². The minimum absolute atomic E-state index is 0.292. The van der Waals surface area contributed by atoms with Crippen molar-refractivity contribution in [2.75, 3.05) is 0 Å². The zero-order valence-electron chi connectivity index (χ0n) is 7.25. The fourth-order valence-electron chi connectivity index (χ4n) is 1.06. The van der Waals surface area contributed by atoms with Gasteiger partial charge in [0.05, 0.1) is 11.8 Å². The molecule has 1 aromatic carbocycles. The molecular weight excluding hydrogens is 193 g/mol. The summed E-state index contributed by atoms with van der Waals surface area (Å²) in [5, 5.41) is 8.35. The smallest absolute Gasteiger partial charge is 0.416 e. The Morgan fingerprint density at radius 2 is 2.00 bits per heavy atom. The summed E-state index contributed by atoms with van der Waals surface area (Å²) in [4.78, 5) is 0. The fourth-order valence-corrected chi connectivity index (χ4v) is 1.06. The monoisotopic (exact) mass is 202 g/mol. The van der Waals surface area contributed by atoms with E-state index in [1.165, 1.54) is 12.1 Å². The van der Waals surface area contributed by atoms with Crippen molar-refractivity contribution in [1.29, 1.82) is 0 Å². The molecule has 0 aromatic heterocycles. The van der Waals surface area contributed by atoms with Gasteiger partial charge in [-0.2, -0.15) is 13.2 Å². The molecule has 14 heavy (non-hydrogen) atoms. The minimum Gasteiger partial charge on any atom is -0.516 e. The lowest BCUT2D eigenvalue weighted by atomic mass is 10.1. The van der Waals surface area contributed by atoms with Gasteiger partial charge in [-0.25, -0.2) is 0 Å². The topological polar surface area (TPSA) is 20.2 Å². The van der Waals surface area contributed by atoms with Crippen LogP contribution in [0.15, 0.2) is 36.6 Å². The molecule has 1 rings (SSSR count). The Bertz CT molecular complexity index is 328. The van der Waals surface area contributed by atoms with Crippen LogP contribution < -0.4 is 0 Å². The van der Waals surface area contributed by atoms with Crippen molar-refractivity contribution in [1.82, 2.24) is 0 Å². The van der Waals surface area contributed by atoms with Crippen molar-refractivity contribution in [3.05, 3.63) is 47.7 Å². The summed E-state index contributed by atoms with van der Waals surface area (Å²) in [5.41, 5.74) is -0.147. The molecule has 0 unspecified atom stereocenters. The van der Waals surface area contributed by atoms with E-state index in [1.54, 1.807) is 6.07 Å². The molecule has 0 fully saturated rings. The number of benzene rings is 1. The lowest BCUT2D eigenvalue weighted by Gasteiger charge is -2.07. The number of hydrogen-bond acceptors (Lipinski definition) is 1. The summed E-state index contributed by atoms with van der Waals surface area (Å²) < 4.78 is 36.7. The Morgan fingerprint density at radius 1 is 1.29 bits per heavy atom. The third-order valence-electron chi connectivity index (χ3n) is 1.71. The largest absolute Gasteiger partial charge is 0.516 e. The summed E-state index contributed by atoms with van der Waals surface area (Å²) in [5.74, 6) is 0. The Balaban J connectivity index is 2.90. The maximum absolute atomic E-state index is 12.2. The van der Waals surface area contributed by atoms with Gasteiger partial charge in [-0.15, -0.1) is 0 Å². The first-order valence-corrected chi connectivity index (χ1v) is 3.99. The number of alkyl halides is 3. The third-order valence-corrected chi connectivity index (χ3v) is 1.71. The van der Waals surface area contributed by atoms with Gasteiger partial charge in [0.2, 0.25) is 0 Å². The van der Waals surface area contributed by atoms with Gasteiger partial charge in [0, 0.05) is 0 Å². The molecule has 0 saturated carbocycles. The van der Waals surface area contributed by atoms with Crippen molar-refractivity contribution in [2.45, 2.75) is 12.6 Å². The van der Waals surface area contributed by atoms with Crippen LogP contribution in [-0.4, -0.2) is 5.11 Å². The number of aliphatic hydroxyl groups is 1. The van der Waals surface area contributed by atoms with E-state index in [2.05, 4.69) is 0 Å². The predicted octanol–water partition coefficient (Wildman–Crippen LogP) is 3.32. The van der Waals surface area contributed by atoms with Crippen LogP contribution in [-0.2, 0) is 12.6 Å². The van der Waals surface area contributed by atoms with E-state index < -0.39 is 11.7 Å². The zero-order valence-corrected chi connectivity index (χ0v) is 7.25. The first kappa shape index (κ1) is 10.6. The molecule has 0 bridgehead atoms. The van der Waals surface area contributed by atoms with Gasteiger partial charge in [-0.05, 0) is 24.1 Å². The first-order valence-electron chi connectivity index (χ1n) is 3.99. The highest BCUT2D eigenvalue weighted by molar-refractivity contribution is 5.26. The van der Waals surface area contributed by atoms with Crippen molar-refractivity contribution in [3.8, 4) is 0 Å². The standard InChI is InChI=1S/C10H9F3O/c11-10(12,13)9-5-1-3-8(7-9)4-2-6-14/h1-3,5-7,14H,4H2/b6-2+. The highest BCUT2D eigenvalue weighted by Gasteiger charge is 2.30. The van der Waals surface area contributed by atoms with Crippen LogP contribution in [0.5, 0.6) is 0 Å². The van der Waals surface area contributed by atoms with Crippen LogP contribution in [0.1, 0.15) is 11.1 Å². The van der Waals surface area contributed by atoms with Crippen LogP contribution in [0.2, 0.25) is 0 Å². The summed E-state index contributed by atoms with van der Waals surface area (Å²) in [6.45, 7) is 0. The molecule has 0 atom stereocenters. The molecule has 0 radical (unpaired) electrons. The molecule has 76 valence electrons. The molecule has 0 saturated heterocycles. The predicted molar refractivity (Wildman–Crippen MR) is 46.9 cm³/mol. The number of allylic oxidation sites excluding steroid dienone is 1. The molecule has 1 aromatic rings. The van der Waals surface area contributed by atoms with Crippen LogP contribution in [0, 0.1) is 0 Å². The number of aliphatic hydroxyl groups excluding tert-OH is 1. The molecule has 0 aliphatic rings. The molecule has 1 nitrogen and oxygen atoms in total. The van der Waals surface area contributed by atoms with Crippen LogP contribution in [0.4, 0.5) is 13.2 Å². The van der Waals surface area contributed by atoms with Gasteiger partial charge in [0.25, 0.3) is 0 Å². The van der Waals surface area contributed by atoms with Gasteiger partial charge in [0.1, 0.15) is 0 Å². The second-order valence-corrected chi connectivity index (χ2v) is 2.79. The van der Waals surface area contributed by atoms with Gasteiger partial charge < -0.3 is 5.11 Å². The van der Waals surface area contributed by atoms with E-state index >= 15 is 0 Å². The van der Waals surface area contributed by atoms with E-state index in [0.29, 0.717) is 12.0 Å². The van der Waals surface area contributed by atoms with Crippen LogP contribution in [0.25, 0.3) is 0 Å². The van der Waals surface area contributed by atoms with E-state index in [9.17, 15) is 13.2 Å². The SMILES string of the molecule is O/C=C/Cc1cccc(C(F)(F)F)c1. The Morgan fingerprint density at radius 3 is 2.57 bits per heavy atom. The van der Waals surface area contributed by atoms with Crippen molar-refractivity contribution >= 4 is 0 Å². The highest BCUT2D eigenvalue weighted by Crippen LogP contribution is 2.29. The number of halogens is 3. The molecule has 4 heteroatoms. The second kappa shape index (κ2) is 4.17. The molecule has 0 aliphatic heterocycles. The molecule has 1 N–H and O–H groups in total. The molecule has 0 amide bonds. The fraction of sp³-hybridized carbons (Fsp3) is 0.200. The number of rotatable bonds is 2. The summed E-state index contributed by atoms with van der Waals surface area (Å²) in [6.07, 6.45) is -1.81. The summed E-state index contributed by atoms with van der Waals surface area (Å²) in [7, 11) is 0. The lowest BCUT2D eigenvalue weighted by Crippen LogP contribution is -2.04. The Hall–Kier alpha value is -1.45. The van der Waals surface area contributed by atoms with E-state index in [0.717, 1.165) is 18.4 Å². The van der Waals surface area contributed by atoms with Gasteiger partial charge in [-0.3, -0.25) is 0 Å². The Labute approximate surface area is 79.5 Å². The number of hydrogen-bond donors (Lipinski definition) is 1. The molecular formula is C10H9F3O. The van der Waals surface area contributed by atoms with Crippen molar-refractivity contribution < 1.29 is 18.3 Å². The quantitative estimate of drug-likeness (QED) is 0.729. The van der Waals surface area contributed by atoms with E-state index in [4.69, 9.17) is 5.11 Å². The van der Waals surface area contributed by atoms with Crippen LogP contribution in [0.3, 0.4) is 0 Å². The molecule has 0 spiro atoms. The molecule has 0 aliphatic carbocycles. The summed E-state index contributed by atoms with van der Waals surface area (Å²) in [6, 6.07) is 5.02. The zero-order chi connectivity index (χ0) is 10.6. The maximum atomic E-state index is 12.2.